The van der Waals surface area contributed by atoms with Crippen molar-refractivity contribution in [3.8, 4) is 0 Å². The van der Waals surface area contributed by atoms with Gasteiger partial charge >= 0.3 is 5.69 Å². The number of aromatic nitrogens is 5. The van der Waals surface area contributed by atoms with Crippen LogP contribution in [0.4, 0.5) is 0 Å². The quantitative estimate of drug-likeness (QED) is 0.758. The second kappa shape index (κ2) is 5.78. The maximum Gasteiger partial charge on any atom is 0.343 e. The molecule has 7 nitrogen and oxygen atoms in total. The van der Waals surface area contributed by atoms with Gasteiger partial charge in [0.2, 0.25) is 0 Å². The van der Waals surface area contributed by atoms with Gasteiger partial charge in [0.1, 0.15) is 0 Å². The number of nitrogens with zero attached hydrogens (tertiary/aromatic N) is 4. The van der Waals surface area contributed by atoms with E-state index in [9.17, 15) is 4.79 Å². The lowest BCUT2D eigenvalue weighted by molar-refractivity contribution is 0.603. The first-order valence-corrected chi connectivity index (χ1v) is 6.40. The third-order valence-electron chi connectivity index (χ3n) is 2.27. The number of nitrogens with one attached hydrogen (secondary N) is 1. The van der Waals surface area contributed by atoms with E-state index in [0.29, 0.717) is 23.4 Å². The van der Waals surface area contributed by atoms with Crippen molar-refractivity contribution in [3.05, 3.63) is 28.4 Å². The van der Waals surface area contributed by atoms with Crippen molar-refractivity contribution in [1.29, 1.82) is 0 Å². The van der Waals surface area contributed by atoms with Crippen molar-refractivity contribution in [2.75, 3.05) is 0 Å². The van der Waals surface area contributed by atoms with E-state index in [0.717, 1.165) is 12.0 Å². The Bertz CT molecular complexity index is 560. The van der Waals surface area contributed by atoms with Crippen LogP contribution in [0.3, 0.4) is 0 Å². The maximum absolute atomic E-state index is 11.5. The van der Waals surface area contributed by atoms with Crippen LogP contribution in [0.1, 0.15) is 18.9 Å². The average molecular weight is 266 g/mol. The number of aromatic amines is 1. The topological polar surface area (TPSA) is 102 Å². The first kappa shape index (κ1) is 12.8. The molecule has 2 aromatic heterocycles. The Morgan fingerprint density at radius 1 is 1.44 bits per heavy atom. The molecule has 0 aromatic carbocycles. The number of hydrogen-bond donors (Lipinski definition) is 2. The highest BCUT2D eigenvalue weighted by Crippen LogP contribution is 2.20. The van der Waals surface area contributed by atoms with Gasteiger partial charge in [-0.2, -0.15) is 0 Å². The highest BCUT2D eigenvalue weighted by Gasteiger charge is 2.10. The first-order valence-electron chi connectivity index (χ1n) is 5.58. The van der Waals surface area contributed by atoms with Crippen molar-refractivity contribution in [2.24, 2.45) is 5.73 Å². The van der Waals surface area contributed by atoms with Crippen molar-refractivity contribution in [3.63, 3.8) is 0 Å². The highest BCUT2D eigenvalue weighted by atomic mass is 32.2. The molecule has 0 aliphatic heterocycles. The van der Waals surface area contributed by atoms with Crippen LogP contribution in [0.2, 0.25) is 0 Å². The standard InChI is InChI=1S/C10H14N6OS/c1-2-3-16-9(17)14-15-10(16)18-8-12-5-7(4-11)6-13-8/h5-6H,2-4,11H2,1H3,(H,14,17). The van der Waals surface area contributed by atoms with Gasteiger partial charge in [-0.3, -0.25) is 4.57 Å². The largest absolute Gasteiger partial charge is 0.343 e. The van der Waals surface area contributed by atoms with E-state index in [1.54, 1.807) is 17.0 Å². The third-order valence-corrected chi connectivity index (χ3v) is 3.16. The summed E-state index contributed by atoms with van der Waals surface area (Å²) in [6.45, 7) is 3.03. The average Bonchev–Trinajstić information content (AvgIpc) is 2.73. The van der Waals surface area contributed by atoms with Gasteiger partial charge in [-0.15, -0.1) is 5.10 Å². The highest BCUT2D eigenvalue weighted by molar-refractivity contribution is 7.99. The lowest BCUT2D eigenvalue weighted by atomic mass is 10.4. The molecule has 0 unspecified atom stereocenters. The van der Waals surface area contributed by atoms with Crippen LogP contribution in [0.15, 0.2) is 27.5 Å². The molecule has 2 rings (SSSR count). The van der Waals surface area contributed by atoms with Gasteiger partial charge in [-0.25, -0.2) is 19.9 Å². The fourth-order valence-corrected chi connectivity index (χ4v) is 2.13. The van der Waals surface area contributed by atoms with Crippen LogP contribution < -0.4 is 11.4 Å². The lowest BCUT2D eigenvalue weighted by Crippen LogP contribution is -2.17. The van der Waals surface area contributed by atoms with Crippen molar-refractivity contribution < 1.29 is 0 Å². The maximum atomic E-state index is 11.5. The summed E-state index contributed by atoms with van der Waals surface area (Å²) in [6, 6.07) is 0. The summed E-state index contributed by atoms with van der Waals surface area (Å²) < 4.78 is 1.57. The zero-order valence-corrected chi connectivity index (χ0v) is 10.8. The molecule has 8 heteroatoms. The molecule has 0 saturated carbocycles. The zero-order valence-electron chi connectivity index (χ0n) is 9.96. The van der Waals surface area contributed by atoms with E-state index < -0.39 is 0 Å². The van der Waals surface area contributed by atoms with Gasteiger partial charge in [0.05, 0.1) is 0 Å². The Morgan fingerprint density at radius 3 is 2.78 bits per heavy atom. The Hall–Kier alpha value is -1.67. The molecular weight excluding hydrogens is 252 g/mol. The Kier molecular flexibility index (Phi) is 4.11. The van der Waals surface area contributed by atoms with Gasteiger partial charge in [-0.1, -0.05) is 6.92 Å². The van der Waals surface area contributed by atoms with Crippen LogP contribution >= 0.6 is 11.8 Å². The molecule has 0 atom stereocenters. The number of nitrogens with two attached hydrogens (primary N) is 1. The second-order valence-electron chi connectivity index (χ2n) is 3.64. The molecular formula is C10H14N6OS. The van der Waals surface area contributed by atoms with E-state index in [4.69, 9.17) is 5.73 Å². The predicted octanol–water partition coefficient (Wildman–Crippen LogP) is 0.381. The van der Waals surface area contributed by atoms with E-state index >= 15 is 0 Å². The molecule has 0 aliphatic rings. The van der Waals surface area contributed by atoms with Crippen LogP contribution in [-0.2, 0) is 13.1 Å². The van der Waals surface area contributed by atoms with E-state index in [1.165, 1.54) is 11.8 Å². The van der Waals surface area contributed by atoms with Gasteiger partial charge < -0.3 is 5.73 Å². The van der Waals surface area contributed by atoms with Gasteiger partial charge in [0.15, 0.2) is 10.3 Å². The van der Waals surface area contributed by atoms with Gasteiger partial charge in [0.25, 0.3) is 0 Å². The van der Waals surface area contributed by atoms with E-state index in [1.807, 2.05) is 6.92 Å². The smallest absolute Gasteiger partial charge is 0.326 e. The van der Waals surface area contributed by atoms with Crippen LogP contribution in [-0.4, -0.2) is 24.7 Å². The zero-order chi connectivity index (χ0) is 13.0. The summed E-state index contributed by atoms with van der Waals surface area (Å²) in [4.78, 5) is 19.8. The minimum atomic E-state index is -0.210. The minimum Gasteiger partial charge on any atom is -0.326 e. The van der Waals surface area contributed by atoms with Crippen LogP contribution in [0.5, 0.6) is 0 Å². The van der Waals surface area contributed by atoms with E-state index in [2.05, 4.69) is 20.2 Å². The molecule has 2 aromatic rings. The molecule has 0 bridgehead atoms. The molecule has 0 amide bonds. The number of H-pyrrole nitrogens is 1. The summed E-state index contributed by atoms with van der Waals surface area (Å²) in [5.41, 5.74) is 6.13. The summed E-state index contributed by atoms with van der Waals surface area (Å²) in [7, 11) is 0. The van der Waals surface area contributed by atoms with Crippen molar-refractivity contribution in [2.45, 2.75) is 36.7 Å². The molecule has 18 heavy (non-hydrogen) atoms. The normalized spacial score (nSPS) is 10.8. The molecule has 0 saturated heterocycles. The molecule has 3 N–H and O–H groups in total. The fourth-order valence-electron chi connectivity index (χ4n) is 1.38. The monoisotopic (exact) mass is 266 g/mol. The summed E-state index contributed by atoms with van der Waals surface area (Å²) >= 11 is 1.25. The molecule has 0 aliphatic carbocycles. The molecule has 0 fully saturated rings. The Morgan fingerprint density at radius 2 is 2.17 bits per heavy atom. The summed E-state index contributed by atoms with van der Waals surface area (Å²) in [5.74, 6) is 0. The SMILES string of the molecule is CCCn1c(Sc2ncc(CN)cn2)n[nH]c1=O. The Labute approximate surface area is 108 Å². The van der Waals surface area contributed by atoms with Crippen molar-refractivity contribution >= 4 is 11.8 Å². The lowest BCUT2D eigenvalue weighted by Gasteiger charge is -2.02. The summed E-state index contributed by atoms with van der Waals surface area (Å²) in [6.07, 6.45) is 4.20. The Balaban J connectivity index is 2.20. The predicted molar refractivity (Wildman–Crippen MR) is 67.2 cm³/mol. The number of hydrogen-bond acceptors (Lipinski definition) is 6. The van der Waals surface area contributed by atoms with Gasteiger partial charge in [0, 0.05) is 31.0 Å². The summed E-state index contributed by atoms with van der Waals surface area (Å²) in [5, 5.41) is 7.50. The minimum absolute atomic E-state index is 0.210. The van der Waals surface area contributed by atoms with Gasteiger partial charge in [-0.05, 0) is 18.2 Å². The molecule has 0 radical (unpaired) electrons. The third kappa shape index (κ3) is 2.77. The van der Waals surface area contributed by atoms with E-state index in [-0.39, 0.29) is 5.69 Å². The second-order valence-corrected chi connectivity index (χ2v) is 4.58. The van der Waals surface area contributed by atoms with Crippen molar-refractivity contribution in [1.82, 2.24) is 24.7 Å². The fraction of sp³-hybridized carbons (Fsp3) is 0.400. The molecule has 2 heterocycles. The molecule has 96 valence electrons. The first-order chi connectivity index (χ1) is 8.74. The molecule has 0 spiro atoms. The number of rotatable bonds is 5. The van der Waals surface area contributed by atoms with Crippen LogP contribution in [0.25, 0.3) is 0 Å². The van der Waals surface area contributed by atoms with Crippen LogP contribution in [0, 0.1) is 0 Å².